The fourth-order valence-electron chi connectivity index (χ4n) is 1.92. The van der Waals surface area contributed by atoms with Crippen molar-refractivity contribution in [1.29, 1.82) is 0 Å². The van der Waals surface area contributed by atoms with Gasteiger partial charge in [-0.1, -0.05) is 29.8 Å². The van der Waals surface area contributed by atoms with Gasteiger partial charge in [0.2, 0.25) is 5.95 Å². The van der Waals surface area contributed by atoms with Gasteiger partial charge < -0.3 is 0 Å². The number of amides is 1. The van der Waals surface area contributed by atoms with E-state index in [-0.39, 0.29) is 11.9 Å². The summed E-state index contributed by atoms with van der Waals surface area (Å²) in [6.45, 7) is 0. The van der Waals surface area contributed by atoms with Gasteiger partial charge in [-0.15, -0.1) is 0 Å². The number of halogens is 1. The van der Waals surface area contributed by atoms with Crippen molar-refractivity contribution in [1.82, 2.24) is 25.0 Å². The maximum absolute atomic E-state index is 12.2. The first-order valence-corrected chi connectivity index (χ1v) is 6.48. The topological polar surface area (TPSA) is 88.5 Å². The Bertz CT molecular complexity index is 780. The smallest absolute Gasteiger partial charge is 0.276 e. The number of anilines is 1. The van der Waals surface area contributed by atoms with Crippen LogP contribution < -0.4 is 5.32 Å². The standard InChI is InChI=1S/C13H11ClN6O/c1-20-11(12(21)17-13-15-7-16-18-13)6-10(19-20)8-4-2-3-5-9(8)14/h2-7H,1H3,(H2,15,16,17,18,21). The largest absolute Gasteiger partial charge is 0.289 e. The van der Waals surface area contributed by atoms with Crippen LogP contribution in [0.1, 0.15) is 10.5 Å². The quantitative estimate of drug-likeness (QED) is 0.775. The van der Waals surface area contributed by atoms with Gasteiger partial charge in [-0.05, 0) is 12.1 Å². The monoisotopic (exact) mass is 302 g/mol. The fourth-order valence-corrected chi connectivity index (χ4v) is 2.15. The average molecular weight is 303 g/mol. The normalized spacial score (nSPS) is 10.6. The third-order valence-corrected chi connectivity index (χ3v) is 3.24. The first-order chi connectivity index (χ1) is 10.1. The minimum absolute atomic E-state index is 0.278. The van der Waals surface area contributed by atoms with Gasteiger partial charge in [-0.25, -0.2) is 5.10 Å². The number of rotatable bonds is 3. The van der Waals surface area contributed by atoms with Gasteiger partial charge in [0.1, 0.15) is 12.0 Å². The Morgan fingerprint density at radius 2 is 2.19 bits per heavy atom. The summed E-state index contributed by atoms with van der Waals surface area (Å²) in [6.07, 6.45) is 1.31. The van der Waals surface area contributed by atoms with Crippen molar-refractivity contribution in [3.8, 4) is 11.3 Å². The summed E-state index contributed by atoms with van der Waals surface area (Å²) >= 11 is 6.14. The van der Waals surface area contributed by atoms with Gasteiger partial charge in [0, 0.05) is 12.6 Å². The highest BCUT2D eigenvalue weighted by Gasteiger charge is 2.16. The molecule has 0 atom stereocenters. The van der Waals surface area contributed by atoms with Crippen LogP contribution >= 0.6 is 11.6 Å². The summed E-state index contributed by atoms with van der Waals surface area (Å²) < 4.78 is 1.49. The summed E-state index contributed by atoms with van der Waals surface area (Å²) in [5, 5.41) is 13.7. The Labute approximate surface area is 125 Å². The zero-order valence-electron chi connectivity index (χ0n) is 11.0. The number of aromatic amines is 1. The van der Waals surface area contributed by atoms with Gasteiger partial charge >= 0.3 is 0 Å². The molecule has 2 heterocycles. The van der Waals surface area contributed by atoms with Gasteiger partial charge in [0.15, 0.2) is 0 Å². The lowest BCUT2D eigenvalue weighted by molar-refractivity contribution is 0.101. The Hall–Kier alpha value is -2.67. The van der Waals surface area contributed by atoms with Crippen LogP contribution in [0, 0.1) is 0 Å². The zero-order chi connectivity index (χ0) is 14.8. The Balaban J connectivity index is 1.91. The number of nitrogens with one attached hydrogen (secondary N) is 2. The van der Waals surface area contributed by atoms with E-state index >= 15 is 0 Å². The van der Waals surface area contributed by atoms with Crippen LogP contribution in [-0.4, -0.2) is 30.9 Å². The molecule has 0 aliphatic carbocycles. The summed E-state index contributed by atoms with van der Waals surface area (Å²) in [5.74, 6) is -0.0550. The molecule has 0 bridgehead atoms. The first-order valence-electron chi connectivity index (χ1n) is 6.11. The maximum Gasteiger partial charge on any atom is 0.276 e. The van der Waals surface area contributed by atoms with Crippen molar-refractivity contribution in [3.63, 3.8) is 0 Å². The Morgan fingerprint density at radius 3 is 2.90 bits per heavy atom. The highest BCUT2D eigenvalue weighted by Crippen LogP contribution is 2.26. The predicted octanol–water partition coefficient (Wildman–Crippen LogP) is 2.11. The number of nitrogens with zero attached hydrogens (tertiary/aromatic N) is 4. The number of aromatic nitrogens is 5. The predicted molar refractivity (Wildman–Crippen MR) is 78.0 cm³/mol. The van der Waals surface area contributed by atoms with E-state index in [1.807, 2.05) is 18.2 Å². The number of hydrogen-bond acceptors (Lipinski definition) is 4. The van der Waals surface area contributed by atoms with Crippen LogP contribution in [0.15, 0.2) is 36.7 Å². The second-order valence-corrected chi connectivity index (χ2v) is 4.71. The van der Waals surface area contributed by atoms with E-state index in [2.05, 4.69) is 25.6 Å². The summed E-state index contributed by atoms with van der Waals surface area (Å²) in [4.78, 5) is 16.0. The number of carbonyl (C=O) groups is 1. The van der Waals surface area contributed by atoms with E-state index in [1.165, 1.54) is 11.0 Å². The van der Waals surface area contributed by atoms with E-state index in [1.54, 1.807) is 19.2 Å². The third-order valence-electron chi connectivity index (χ3n) is 2.91. The van der Waals surface area contributed by atoms with Crippen LogP contribution in [0.5, 0.6) is 0 Å². The molecule has 3 rings (SSSR count). The minimum Gasteiger partial charge on any atom is -0.289 e. The summed E-state index contributed by atoms with van der Waals surface area (Å²) in [7, 11) is 1.69. The molecule has 7 nitrogen and oxygen atoms in total. The first kappa shape index (κ1) is 13.3. The number of benzene rings is 1. The molecule has 0 aliphatic heterocycles. The molecule has 0 spiro atoms. The number of carbonyl (C=O) groups excluding carboxylic acids is 1. The molecule has 0 unspecified atom stereocenters. The molecular formula is C13H11ClN6O. The highest BCUT2D eigenvalue weighted by atomic mass is 35.5. The lowest BCUT2D eigenvalue weighted by Crippen LogP contribution is -2.16. The van der Waals surface area contributed by atoms with Crippen molar-refractivity contribution in [2.45, 2.75) is 0 Å². The van der Waals surface area contributed by atoms with Gasteiger partial charge in [-0.3, -0.25) is 14.8 Å². The van der Waals surface area contributed by atoms with Gasteiger partial charge in [-0.2, -0.15) is 15.2 Å². The van der Waals surface area contributed by atoms with Crippen LogP contribution in [0.4, 0.5) is 5.95 Å². The molecular weight excluding hydrogens is 292 g/mol. The van der Waals surface area contributed by atoms with E-state index in [9.17, 15) is 4.79 Å². The van der Waals surface area contributed by atoms with E-state index < -0.39 is 0 Å². The Morgan fingerprint density at radius 1 is 1.38 bits per heavy atom. The molecule has 1 amide bonds. The lowest BCUT2D eigenvalue weighted by atomic mass is 10.1. The SMILES string of the molecule is Cn1nc(-c2ccccc2Cl)cc1C(=O)Nc1ncn[nH]1. The van der Waals surface area contributed by atoms with E-state index in [4.69, 9.17) is 11.6 Å². The summed E-state index contributed by atoms with van der Waals surface area (Å²) in [5.41, 5.74) is 1.79. The van der Waals surface area contributed by atoms with Crippen molar-refractivity contribution in [2.75, 3.05) is 5.32 Å². The number of H-pyrrole nitrogens is 1. The zero-order valence-corrected chi connectivity index (χ0v) is 11.8. The van der Waals surface area contributed by atoms with Crippen molar-refractivity contribution >= 4 is 23.5 Å². The van der Waals surface area contributed by atoms with Crippen LogP contribution in [0.3, 0.4) is 0 Å². The second-order valence-electron chi connectivity index (χ2n) is 4.31. The molecule has 0 saturated carbocycles. The molecule has 2 N–H and O–H groups in total. The average Bonchev–Trinajstić information content (AvgIpc) is 3.09. The molecule has 0 saturated heterocycles. The summed E-state index contributed by atoms with van der Waals surface area (Å²) in [6, 6.07) is 9.01. The van der Waals surface area contributed by atoms with Crippen LogP contribution in [0.25, 0.3) is 11.3 Å². The minimum atomic E-state index is -0.333. The molecule has 1 aromatic carbocycles. The van der Waals surface area contributed by atoms with Crippen LogP contribution in [0.2, 0.25) is 5.02 Å². The lowest BCUT2D eigenvalue weighted by Gasteiger charge is -2.00. The highest BCUT2D eigenvalue weighted by molar-refractivity contribution is 6.33. The number of hydrogen-bond donors (Lipinski definition) is 2. The number of aryl methyl sites for hydroxylation is 1. The molecule has 21 heavy (non-hydrogen) atoms. The van der Waals surface area contributed by atoms with Gasteiger partial charge in [0.25, 0.3) is 5.91 Å². The second kappa shape index (κ2) is 5.37. The molecule has 0 fully saturated rings. The molecule has 106 valence electrons. The molecule has 3 aromatic rings. The van der Waals surface area contributed by atoms with Crippen molar-refractivity contribution < 1.29 is 4.79 Å². The van der Waals surface area contributed by atoms with Crippen LogP contribution in [-0.2, 0) is 7.05 Å². The van der Waals surface area contributed by atoms with Crippen molar-refractivity contribution in [3.05, 3.63) is 47.4 Å². The van der Waals surface area contributed by atoms with E-state index in [0.29, 0.717) is 16.4 Å². The van der Waals surface area contributed by atoms with E-state index in [0.717, 1.165) is 5.56 Å². The van der Waals surface area contributed by atoms with Crippen molar-refractivity contribution in [2.24, 2.45) is 7.05 Å². The Kier molecular flexibility index (Phi) is 3.41. The molecule has 2 aromatic heterocycles. The molecule has 0 radical (unpaired) electrons. The molecule has 8 heteroatoms. The fraction of sp³-hybridized carbons (Fsp3) is 0.0769. The maximum atomic E-state index is 12.2. The third kappa shape index (κ3) is 2.63. The van der Waals surface area contributed by atoms with Gasteiger partial charge in [0.05, 0.1) is 10.7 Å². The molecule has 0 aliphatic rings.